The zero-order chi connectivity index (χ0) is 13.8. The molecule has 0 bridgehead atoms. The molecule has 1 amide bonds. The van der Waals surface area contributed by atoms with E-state index in [1.54, 1.807) is 0 Å². The van der Waals surface area contributed by atoms with Crippen LogP contribution in [0.1, 0.15) is 37.8 Å². The Morgan fingerprint density at radius 1 is 1.42 bits per heavy atom. The molecule has 5 heteroatoms. The Morgan fingerprint density at radius 2 is 2.21 bits per heavy atom. The fourth-order valence-electron chi connectivity index (χ4n) is 2.34. The molecule has 3 nitrogen and oxygen atoms in total. The van der Waals surface area contributed by atoms with Gasteiger partial charge in [-0.15, -0.1) is 0 Å². The zero-order valence-electron chi connectivity index (χ0n) is 10.9. The highest BCUT2D eigenvalue weighted by atomic mass is 35.5. The summed E-state index contributed by atoms with van der Waals surface area (Å²) in [5.41, 5.74) is 1.13. The van der Waals surface area contributed by atoms with Gasteiger partial charge in [0.25, 0.3) is 0 Å². The minimum absolute atomic E-state index is 0.148. The van der Waals surface area contributed by atoms with Gasteiger partial charge in [0.2, 0.25) is 5.91 Å². The van der Waals surface area contributed by atoms with Crippen molar-refractivity contribution in [1.29, 1.82) is 0 Å². The highest BCUT2D eigenvalue weighted by molar-refractivity contribution is 6.42. The summed E-state index contributed by atoms with van der Waals surface area (Å²) in [4.78, 5) is 11.1. The number of carbonyl (C=O) groups excluding carboxylic acids is 1. The Balaban J connectivity index is 1.95. The number of nitrogens with one attached hydrogen (secondary N) is 2. The van der Waals surface area contributed by atoms with Gasteiger partial charge in [-0.3, -0.25) is 4.79 Å². The lowest BCUT2D eigenvalue weighted by molar-refractivity contribution is -0.119. The highest BCUT2D eigenvalue weighted by Gasteiger charge is 2.21. The maximum atomic E-state index is 11.1. The molecule has 0 aliphatic carbocycles. The van der Waals surface area contributed by atoms with E-state index in [0.29, 0.717) is 16.5 Å². The Kier molecular flexibility index (Phi) is 5.08. The Morgan fingerprint density at radius 3 is 2.79 bits per heavy atom. The van der Waals surface area contributed by atoms with E-state index < -0.39 is 0 Å². The predicted octanol–water partition coefficient (Wildman–Crippen LogP) is 3.31. The summed E-state index contributed by atoms with van der Waals surface area (Å²) in [6.07, 6.45) is 2.50. The highest BCUT2D eigenvalue weighted by Crippen LogP contribution is 2.26. The van der Waals surface area contributed by atoms with Crippen LogP contribution >= 0.6 is 23.2 Å². The summed E-state index contributed by atoms with van der Waals surface area (Å²) in [6.45, 7) is 2.90. The van der Waals surface area contributed by atoms with Crippen LogP contribution < -0.4 is 10.6 Å². The summed E-state index contributed by atoms with van der Waals surface area (Å²) in [5, 5.41) is 7.59. The van der Waals surface area contributed by atoms with Gasteiger partial charge in [-0.25, -0.2) is 0 Å². The van der Waals surface area contributed by atoms with Gasteiger partial charge >= 0.3 is 0 Å². The Labute approximate surface area is 123 Å². The molecule has 2 rings (SSSR count). The van der Waals surface area contributed by atoms with Gasteiger partial charge in [0.1, 0.15) is 0 Å². The lowest BCUT2D eigenvalue weighted by Crippen LogP contribution is -2.37. The molecule has 1 aliphatic heterocycles. The maximum absolute atomic E-state index is 11.1. The van der Waals surface area contributed by atoms with Crippen LogP contribution in [-0.2, 0) is 4.79 Å². The third kappa shape index (κ3) is 3.85. The van der Waals surface area contributed by atoms with Gasteiger partial charge in [-0.2, -0.15) is 0 Å². The molecule has 1 aromatic carbocycles. The van der Waals surface area contributed by atoms with Crippen LogP contribution in [0, 0.1) is 0 Å². The number of carbonyl (C=O) groups is 1. The van der Waals surface area contributed by atoms with Crippen molar-refractivity contribution in [3.63, 3.8) is 0 Å². The molecule has 2 N–H and O–H groups in total. The monoisotopic (exact) mass is 300 g/mol. The van der Waals surface area contributed by atoms with E-state index in [2.05, 4.69) is 17.6 Å². The molecule has 1 aromatic rings. The van der Waals surface area contributed by atoms with E-state index in [4.69, 9.17) is 23.2 Å². The molecule has 1 saturated heterocycles. The van der Waals surface area contributed by atoms with Gasteiger partial charge in [0.05, 0.1) is 10.0 Å². The Hall–Kier alpha value is -0.770. The zero-order valence-corrected chi connectivity index (χ0v) is 12.4. The summed E-state index contributed by atoms with van der Waals surface area (Å²) in [6, 6.07) is 6.18. The third-order valence-electron chi connectivity index (χ3n) is 3.45. The quantitative estimate of drug-likeness (QED) is 0.876. The van der Waals surface area contributed by atoms with E-state index in [9.17, 15) is 4.79 Å². The van der Waals surface area contributed by atoms with Crippen molar-refractivity contribution in [2.45, 2.75) is 38.3 Å². The maximum Gasteiger partial charge on any atom is 0.220 e. The van der Waals surface area contributed by atoms with Gasteiger partial charge in [-0.05, 0) is 30.5 Å². The van der Waals surface area contributed by atoms with Crippen molar-refractivity contribution in [1.82, 2.24) is 10.6 Å². The minimum atomic E-state index is 0.148. The third-order valence-corrected chi connectivity index (χ3v) is 4.19. The fraction of sp³-hybridized carbons (Fsp3) is 0.500. The number of hydrogen-bond acceptors (Lipinski definition) is 2. The van der Waals surface area contributed by atoms with E-state index in [-0.39, 0.29) is 18.0 Å². The summed E-state index contributed by atoms with van der Waals surface area (Å²) < 4.78 is 0. The lowest BCUT2D eigenvalue weighted by Gasteiger charge is -2.20. The van der Waals surface area contributed by atoms with Crippen molar-refractivity contribution >= 4 is 29.1 Å². The second-order valence-corrected chi connectivity index (χ2v) is 5.66. The van der Waals surface area contributed by atoms with Gasteiger partial charge in [0.15, 0.2) is 0 Å². The number of halogens is 2. The molecule has 1 heterocycles. The van der Waals surface area contributed by atoms with Crippen molar-refractivity contribution < 1.29 is 4.79 Å². The van der Waals surface area contributed by atoms with Crippen molar-refractivity contribution in [2.75, 3.05) is 6.54 Å². The molecule has 0 saturated carbocycles. The van der Waals surface area contributed by atoms with Crippen LogP contribution in [-0.4, -0.2) is 18.5 Å². The second-order valence-electron chi connectivity index (χ2n) is 4.85. The SMILES string of the molecule is CCC(NCC1CCC(=O)N1)c1ccc(Cl)c(Cl)c1. The molecular formula is C14H18Cl2N2O. The Bertz CT molecular complexity index is 465. The van der Waals surface area contributed by atoms with E-state index in [1.165, 1.54) is 0 Å². The van der Waals surface area contributed by atoms with Gasteiger partial charge < -0.3 is 10.6 Å². The molecule has 1 aliphatic rings. The lowest BCUT2D eigenvalue weighted by atomic mass is 10.0. The van der Waals surface area contributed by atoms with Crippen molar-refractivity contribution in [3.8, 4) is 0 Å². The van der Waals surface area contributed by atoms with E-state index >= 15 is 0 Å². The first-order valence-corrected chi connectivity index (χ1v) is 7.33. The smallest absolute Gasteiger partial charge is 0.220 e. The molecule has 2 unspecified atom stereocenters. The van der Waals surface area contributed by atoms with Crippen LogP contribution in [0.15, 0.2) is 18.2 Å². The van der Waals surface area contributed by atoms with Gasteiger partial charge in [-0.1, -0.05) is 36.2 Å². The molecule has 2 atom stereocenters. The van der Waals surface area contributed by atoms with Crippen LogP contribution in [0.3, 0.4) is 0 Å². The summed E-state index contributed by atoms with van der Waals surface area (Å²) in [5.74, 6) is 0.148. The normalized spacial score (nSPS) is 20.4. The number of amides is 1. The van der Waals surface area contributed by atoms with Crippen LogP contribution in [0.4, 0.5) is 0 Å². The molecule has 0 radical (unpaired) electrons. The van der Waals surface area contributed by atoms with E-state index in [1.807, 2.05) is 18.2 Å². The second kappa shape index (κ2) is 6.60. The molecule has 0 aromatic heterocycles. The van der Waals surface area contributed by atoms with Crippen LogP contribution in [0.5, 0.6) is 0 Å². The topological polar surface area (TPSA) is 41.1 Å². The first-order chi connectivity index (χ1) is 9.10. The van der Waals surface area contributed by atoms with Crippen LogP contribution in [0.25, 0.3) is 0 Å². The minimum Gasteiger partial charge on any atom is -0.352 e. The molecule has 1 fully saturated rings. The number of benzene rings is 1. The van der Waals surface area contributed by atoms with E-state index in [0.717, 1.165) is 24.9 Å². The summed E-state index contributed by atoms with van der Waals surface area (Å²) in [7, 11) is 0. The average Bonchev–Trinajstić information content (AvgIpc) is 2.80. The molecule has 0 spiro atoms. The molecule has 104 valence electrons. The fourth-order valence-corrected chi connectivity index (χ4v) is 2.65. The molecule has 19 heavy (non-hydrogen) atoms. The largest absolute Gasteiger partial charge is 0.352 e. The van der Waals surface area contributed by atoms with Crippen molar-refractivity contribution in [3.05, 3.63) is 33.8 Å². The number of rotatable bonds is 5. The van der Waals surface area contributed by atoms with Crippen molar-refractivity contribution in [2.24, 2.45) is 0 Å². The first-order valence-electron chi connectivity index (χ1n) is 6.58. The van der Waals surface area contributed by atoms with Gasteiger partial charge in [0, 0.05) is 25.0 Å². The predicted molar refractivity (Wildman–Crippen MR) is 78.7 cm³/mol. The molecular weight excluding hydrogens is 283 g/mol. The number of hydrogen-bond donors (Lipinski definition) is 2. The summed E-state index contributed by atoms with van der Waals surface area (Å²) >= 11 is 12.0. The first kappa shape index (κ1) is 14.6. The standard InChI is InChI=1S/C14H18Cl2N2O/c1-2-13(9-3-5-11(15)12(16)7-9)17-8-10-4-6-14(19)18-10/h3,5,7,10,13,17H,2,4,6,8H2,1H3,(H,18,19). The average molecular weight is 301 g/mol. The van der Waals surface area contributed by atoms with Crippen LogP contribution in [0.2, 0.25) is 10.0 Å².